The lowest BCUT2D eigenvalue weighted by Crippen LogP contribution is -2.29. The van der Waals surface area contributed by atoms with Crippen LogP contribution in [0.2, 0.25) is 5.02 Å². The third-order valence-electron chi connectivity index (χ3n) is 4.68. The average Bonchev–Trinajstić information content (AvgIpc) is 3.03. The fourth-order valence-corrected chi connectivity index (χ4v) is 3.38. The number of benzene rings is 1. The first-order valence-corrected chi connectivity index (χ1v) is 9.18. The summed E-state index contributed by atoms with van der Waals surface area (Å²) in [5, 5.41) is 9.16. The van der Waals surface area contributed by atoms with Gasteiger partial charge in [-0.25, -0.2) is 9.67 Å². The van der Waals surface area contributed by atoms with Gasteiger partial charge in [0.05, 0.1) is 17.4 Å². The molecule has 0 atom stereocenters. The highest BCUT2D eigenvalue weighted by atomic mass is 35.5. The molecule has 0 saturated carbocycles. The van der Waals surface area contributed by atoms with Crippen LogP contribution in [0.3, 0.4) is 0 Å². The van der Waals surface area contributed by atoms with Crippen molar-refractivity contribution in [2.24, 2.45) is 0 Å². The lowest BCUT2D eigenvalue weighted by Gasteiger charge is -2.28. The van der Waals surface area contributed by atoms with Crippen molar-refractivity contribution in [3.05, 3.63) is 62.8 Å². The van der Waals surface area contributed by atoms with Crippen molar-refractivity contribution in [3.63, 3.8) is 0 Å². The monoisotopic (exact) mass is 385 g/mol. The number of H-pyrrole nitrogens is 1. The lowest BCUT2D eigenvalue weighted by atomic mass is 9.84. The molecule has 2 aromatic heterocycles. The van der Waals surface area contributed by atoms with E-state index >= 15 is 0 Å². The topological polar surface area (TPSA) is 76.5 Å². The van der Waals surface area contributed by atoms with Crippen molar-refractivity contribution in [2.75, 3.05) is 0 Å². The van der Waals surface area contributed by atoms with E-state index in [1.165, 1.54) is 11.6 Å². The predicted octanol–water partition coefficient (Wildman–Crippen LogP) is 4.07. The zero-order valence-electron chi connectivity index (χ0n) is 16.5. The molecule has 0 amide bonds. The fraction of sp³-hybridized carbons (Fsp3) is 0.400. The van der Waals surface area contributed by atoms with Gasteiger partial charge in [0.1, 0.15) is 11.5 Å². The minimum absolute atomic E-state index is 0.0244. The number of aromatic amines is 1. The third kappa shape index (κ3) is 3.81. The predicted molar refractivity (Wildman–Crippen MR) is 107 cm³/mol. The summed E-state index contributed by atoms with van der Waals surface area (Å²) < 4.78 is 1.75. The van der Waals surface area contributed by atoms with E-state index in [1.807, 2.05) is 26.0 Å². The highest BCUT2D eigenvalue weighted by molar-refractivity contribution is 6.31. The van der Waals surface area contributed by atoms with Gasteiger partial charge in [-0.15, -0.1) is 5.10 Å². The van der Waals surface area contributed by atoms with Crippen molar-refractivity contribution in [2.45, 2.75) is 52.5 Å². The van der Waals surface area contributed by atoms with Crippen molar-refractivity contribution in [1.29, 1.82) is 0 Å². The molecule has 1 N–H and O–H groups in total. The Morgan fingerprint density at radius 2 is 1.78 bits per heavy atom. The van der Waals surface area contributed by atoms with Gasteiger partial charge in [0.15, 0.2) is 0 Å². The van der Waals surface area contributed by atoms with Crippen molar-refractivity contribution in [1.82, 2.24) is 25.0 Å². The standard InChI is InChI=1S/C20H24ClN5O/c1-12-22-16(10-18(27)23-12)17-11-26(25-24-17)20(5,6)14-8-7-13(9-15(14)21)19(2,3)4/h7-11H,1-6H3,(H,22,23,27). The molecule has 0 fully saturated rings. The average molecular weight is 386 g/mol. The molecule has 0 aliphatic carbocycles. The molecule has 0 radical (unpaired) electrons. The molecule has 142 valence electrons. The molecular formula is C20H24ClN5O. The van der Waals surface area contributed by atoms with Gasteiger partial charge in [-0.3, -0.25) is 4.79 Å². The van der Waals surface area contributed by atoms with Crippen LogP contribution in [0.4, 0.5) is 0 Å². The highest BCUT2D eigenvalue weighted by Crippen LogP contribution is 2.34. The third-order valence-corrected chi connectivity index (χ3v) is 5.00. The Morgan fingerprint density at radius 3 is 2.37 bits per heavy atom. The number of aryl methyl sites for hydroxylation is 1. The summed E-state index contributed by atoms with van der Waals surface area (Å²) in [5.41, 5.74) is 2.45. The smallest absolute Gasteiger partial charge is 0.251 e. The summed E-state index contributed by atoms with van der Waals surface area (Å²) in [4.78, 5) is 18.7. The molecule has 1 aromatic carbocycles. The van der Waals surface area contributed by atoms with E-state index in [4.69, 9.17) is 11.6 Å². The first-order valence-electron chi connectivity index (χ1n) is 8.80. The van der Waals surface area contributed by atoms with E-state index < -0.39 is 5.54 Å². The van der Waals surface area contributed by atoms with Crippen molar-refractivity contribution in [3.8, 4) is 11.4 Å². The molecule has 0 aliphatic heterocycles. The van der Waals surface area contributed by atoms with E-state index in [1.54, 1.807) is 17.8 Å². The Balaban J connectivity index is 2.01. The zero-order chi connectivity index (χ0) is 20.0. The number of rotatable bonds is 3. The molecule has 0 spiro atoms. The van der Waals surface area contributed by atoms with E-state index in [9.17, 15) is 4.79 Å². The summed E-state index contributed by atoms with van der Waals surface area (Å²) >= 11 is 6.62. The van der Waals surface area contributed by atoms with E-state index in [2.05, 4.69) is 47.1 Å². The molecule has 7 heteroatoms. The molecular weight excluding hydrogens is 362 g/mol. The van der Waals surface area contributed by atoms with Crippen LogP contribution in [-0.4, -0.2) is 25.0 Å². The maximum atomic E-state index is 11.7. The quantitative estimate of drug-likeness (QED) is 0.737. The molecule has 0 saturated heterocycles. The minimum Gasteiger partial charge on any atom is -0.311 e. The van der Waals surface area contributed by atoms with Crippen LogP contribution in [0, 0.1) is 6.92 Å². The molecule has 27 heavy (non-hydrogen) atoms. The Morgan fingerprint density at radius 1 is 1.07 bits per heavy atom. The Kier molecular flexibility index (Phi) is 4.72. The van der Waals surface area contributed by atoms with Crippen molar-refractivity contribution >= 4 is 11.6 Å². The second-order valence-corrected chi connectivity index (χ2v) is 8.68. The van der Waals surface area contributed by atoms with Crippen molar-refractivity contribution < 1.29 is 0 Å². The number of aromatic nitrogens is 5. The lowest BCUT2D eigenvalue weighted by molar-refractivity contribution is 0.380. The van der Waals surface area contributed by atoms with Gasteiger partial charge in [0.2, 0.25) is 0 Å². The molecule has 0 bridgehead atoms. The molecule has 0 aliphatic rings. The molecule has 0 unspecified atom stereocenters. The van der Waals surface area contributed by atoms with Crippen LogP contribution in [0.1, 0.15) is 51.6 Å². The number of nitrogens with zero attached hydrogens (tertiary/aromatic N) is 4. The van der Waals surface area contributed by atoms with Crippen LogP contribution >= 0.6 is 11.6 Å². The maximum Gasteiger partial charge on any atom is 0.251 e. The van der Waals surface area contributed by atoms with Gasteiger partial charge >= 0.3 is 0 Å². The first kappa shape index (κ1) is 19.3. The van der Waals surface area contributed by atoms with Crippen LogP contribution < -0.4 is 5.56 Å². The first-order chi connectivity index (χ1) is 12.5. The maximum absolute atomic E-state index is 11.7. The van der Waals surface area contributed by atoms with E-state index in [-0.39, 0.29) is 11.0 Å². The Hall–Kier alpha value is -2.47. The van der Waals surface area contributed by atoms with Gasteiger partial charge in [-0.2, -0.15) is 0 Å². The number of hydrogen-bond acceptors (Lipinski definition) is 4. The summed E-state index contributed by atoms with van der Waals surface area (Å²) in [6.45, 7) is 12.3. The van der Waals surface area contributed by atoms with E-state index in [0.29, 0.717) is 22.2 Å². The molecule has 3 aromatic rings. The fourth-order valence-electron chi connectivity index (χ4n) is 2.97. The zero-order valence-corrected chi connectivity index (χ0v) is 17.2. The number of hydrogen-bond donors (Lipinski definition) is 1. The van der Waals surface area contributed by atoms with Gasteiger partial charge < -0.3 is 4.98 Å². The Bertz CT molecular complexity index is 1040. The summed E-state index contributed by atoms with van der Waals surface area (Å²) in [6, 6.07) is 7.57. The number of nitrogens with one attached hydrogen (secondary N) is 1. The molecule has 3 rings (SSSR count). The normalized spacial score (nSPS) is 12.4. The van der Waals surface area contributed by atoms with Gasteiger partial charge in [-0.1, -0.05) is 49.7 Å². The summed E-state index contributed by atoms with van der Waals surface area (Å²) in [5.74, 6) is 0.534. The Labute approximate surface area is 163 Å². The summed E-state index contributed by atoms with van der Waals surface area (Å²) in [6.07, 6.45) is 1.79. The van der Waals surface area contributed by atoms with Crippen LogP contribution in [0.5, 0.6) is 0 Å². The summed E-state index contributed by atoms with van der Waals surface area (Å²) in [7, 11) is 0. The van der Waals surface area contributed by atoms with Crippen LogP contribution in [0.25, 0.3) is 11.4 Å². The largest absolute Gasteiger partial charge is 0.311 e. The highest BCUT2D eigenvalue weighted by Gasteiger charge is 2.28. The van der Waals surface area contributed by atoms with Gasteiger partial charge in [0, 0.05) is 11.1 Å². The SMILES string of the molecule is Cc1nc(-c2cn(C(C)(C)c3ccc(C(C)(C)C)cc3Cl)nn2)cc(=O)[nH]1. The van der Waals surface area contributed by atoms with Gasteiger partial charge in [0.25, 0.3) is 5.56 Å². The second-order valence-electron chi connectivity index (χ2n) is 8.27. The minimum atomic E-state index is -0.519. The number of halogens is 1. The second kappa shape index (κ2) is 6.60. The van der Waals surface area contributed by atoms with Crippen LogP contribution in [-0.2, 0) is 11.0 Å². The van der Waals surface area contributed by atoms with Crippen LogP contribution in [0.15, 0.2) is 35.3 Å². The van der Waals surface area contributed by atoms with Gasteiger partial charge in [-0.05, 0) is 43.4 Å². The van der Waals surface area contributed by atoms with E-state index in [0.717, 1.165) is 5.56 Å². The molecule has 2 heterocycles. The molecule has 6 nitrogen and oxygen atoms in total.